The summed E-state index contributed by atoms with van der Waals surface area (Å²) in [7, 11) is 0. The molecule has 0 amide bonds. The highest BCUT2D eigenvalue weighted by molar-refractivity contribution is 5.18. The maximum atomic E-state index is 11.0. The molecule has 0 saturated heterocycles. The van der Waals surface area contributed by atoms with Crippen LogP contribution in [-0.4, -0.2) is 4.98 Å². The molecule has 1 heterocycles. The third-order valence-electron chi connectivity index (χ3n) is 1.26. The van der Waals surface area contributed by atoms with Crippen molar-refractivity contribution in [3.63, 3.8) is 0 Å². The summed E-state index contributed by atoms with van der Waals surface area (Å²) in [6, 6.07) is 1.46. The number of anilines is 1. The van der Waals surface area contributed by atoms with E-state index >= 15 is 0 Å². The predicted octanol–water partition coefficient (Wildman–Crippen LogP) is 0.0257. The lowest BCUT2D eigenvalue weighted by Gasteiger charge is -2.08. The van der Waals surface area contributed by atoms with E-state index in [2.05, 4.69) is 11.6 Å². The van der Waals surface area contributed by atoms with Crippen LogP contribution in [0.1, 0.15) is 5.82 Å². The molecule has 1 aromatic heterocycles. The molecule has 0 unspecified atom stereocenters. The van der Waals surface area contributed by atoms with E-state index in [0.29, 0.717) is 17.0 Å². The molecule has 11 heavy (non-hydrogen) atoms. The van der Waals surface area contributed by atoms with E-state index in [1.807, 2.05) is 0 Å². The molecular weight excluding hydrogens is 142 g/mol. The van der Waals surface area contributed by atoms with Crippen molar-refractivity contribution in [3.05, 3.63) is 35.9 Å². The fourth-order valence-electron chi connectivity index (χ4n) is 0.734. The average molecular weight is 151 g/mol. The van der Waals surface area contributed by atoms with Crippen molar-refractivity contribution < 1.29 is 4.73 Å². The first kappa shape index (κ1) is 7.53. The molecule has 0 fully saturated rings. The van der Waals surface area contributed by atoms with Gasteiger partial charge in [-0.05, 0) is 0 Å². The van der Waals surface area contributed by atoms with Gasteiger partial charge in [-0.25, -0.2) is 4.73 Å². The first-order valence-corrected chi connectivity index (χ1v) is 3.19. The lowest BCUT2D eigenvalue weighted by Crippen LogP contribution is -2.36. The molecule has 0 bridgehead atoms. The molecule has 1 rings (SSSR count). The number of nitrogens with two attached hydrogens (primary N) is 1. The van der Waals surface area contributed by atoms with Gasteiger partial charge < -0.3 is 10.9 Å². The van der Waals surface area contributed by atoms with Crippen LogP contribution in [0.5, 0.6) is 0 Å². The summed E-state index contributed by atoms with van der Waals surface area (Å²) in [4.78, 5) is 3.83. The minimum Gasteiger partial charge on any atom is -0.740 e. The van der Waals surface area contributed by atoms with Crippen LogP contribution in [0.3, 0.4) is 0 Å². The van der Waals surface area contributed by atoms with Crippen LogP contribution in [0, 0.1) is 5.21 Å². The van der Waals surface area contributed by atoms with Crippen molar-refractivity contribution in [2.24, 2.45) is 0 Å². The zero-order valence-corrected chi connectivity index (χ0v) is 6.03. The maximum Gasteiger partial charge on any atom is 0.242 e. The van der Waals surface area contributed by atoms with Crippen LogP contribution in [0.25, 0.3) is 0 Å². The zero-order valence-electron chi connectivity index (χ0n) is 6.03. The van der Waals surface area contributed by atoms with Gasteiger partial charge in [-0.2, -0.15) is 0 Å². The number of allylic oxidation sites excluding steroid dienone is 1. The van der Waals surface area contributed by atoms with Gasteiger partial charge in [-0.1, -0.05) is 6.08 Å². The molecule has 4 nitrogen and oxygen atoms in total. The van der Waals surface area contributed by atoms with Gasteiger partial charge in [0.05, 0.1) is 6.42 Å². The van der Waals surface area contributed by atoms with Gasteiger partial charge in [0.2, 0.25) is 11.6 Å². The minimum absolute atomic E-state index is 0.164. The highest BCUT2D eigenvalue weighted by Crippen LogP contribution is 1.93. The molecular formula is C7H9N3O. The standard InChI is InChI=1S/C7H9N3O/c1-2-3-7-9-5-4-6(8)10(7)11/h2,4-5H,1,3,8H2. The third kappa shape index (κ3) is 1.46. The Kier molecular flexibility index (Phi) is 2.06. The van der Waals surface area contributed by atoms with E-state index in [1.165, 1.54) is 12.3 Å². The summed E-state index contributed by atoms with van der Waals surface area (Å²) < 4.78 is 0.599. The Bertz CT molecular complexity index is 272. The van der Waals surface area contributed by atoms with Crippen molar-refractivity contribution in [2.45, 2.75) is 6.42 Å². The normalized spacial score (nSPS) is 9.45. The molecule has 0 aliphatic heterocycles. The summed E-state index contributed by atoms with van der Waals surface area (Å²) in [5.41, 5.74) is 5.33. The Morgan fingerprint density at radius 2 is 2.55 bits per heavy atom. The van der Waals surface area contributed by atoms with Gasteiger partial charge in [-0.15, -0.1) is 11.6 Å². The number of rotatable bonds is 2. The summed E-state index contributed by atoms with van der Waals surface area (Å²) in [6.07, 6.45) is 3.55. The molecule has 0 aromatic carbocycles. The first-order chi connectivity index (χ1) is 5.25. The summed E-state index contributed by atoms with van der Waals surface area (Å²) in [5.74, 6) is 0.539. The van der Waals surface area contributed by atoms with E-state index in [0.717, 1.165) is 0 Å². The van der Waals surface area contributed by atoms with Crippen LogP contribution < -0.4 is 10.5 Å². The second kappa shape index (κ2) is 3.01. The van der Waals surface area contributed by atoms with E-state index in [-0.39, 0.29) is 5.82 Å². The van der Waals surface area contributed by atoms with E-state index in [1.54, 1.807) is 6.08 Å². The summed E-state index contributed by atoms with van der Waals surface area (Å²) >= 11 is 0. The van der Waals surface area contributed by atoms with Crippen molar-refractivity contribution in [2.75, 3.05) is 5.73 Å². The molecule has 58 valence electrons. The van der Waals surface area contributed by atoms with Gasteiger partial charge >= 0.3 is 0 Å². The average Bonchev–Trinajstić information content (AvgIpc) is 1.99. The Hall–Kier alpha value is -1.58. The van der Waals surface area contributed by atoms with Crippen LogP contribution in [0.4, 0.5) is 5.82 Å². The van der Waals surface area contributed by atoms with Gasteiger partial charge in [0, 0.05) is 6.07 Å². The fourth-order valence-corrected chi connectivity index (χ4v) is 0.734. The number of nitrogen functional groups attached to an aromatic ring is 1. The minimum atomic E-state index is 0.164. The van der Waals surface area contributed by atoms with Crippen LogP contribution in [0.2, 0.25) is 0 Å². The molecule has 0 spiro atoms. The first-order valence-electron chi connectivity index (χ1n) is 3.19. The van der Waals surface area contributed by atoms with Gasteiger partial charge in [0.15, 0.2) is 0 Å². The molecule has 0 saturated carbocycles. The second-order valence-electron chi connectivity index (χ2n) is 2.07. The van der Waals surface area contributed by atoms with Crippen molar-refractivity contribution in [1.82, 2.24) is 4.98 Å². The molecule has 0 aliphatic carbocycles. The Morgan fingerprint density at radius 1 is 1.82 bits per heavy atom. The summed E-state index contributed by atoms with van der Waals surface area (Å²) in [5, 5.41) is 11.0. The Labute approximate surface area is 64.6 Å². The molecule has 0 radical (unpaired) electrons. The molecule has 0 aliphatic rings. The Balaban J connectivity index is 3.05. The Morgan fingerprint density at radius 3 is 3.18 bits per heavy atom. The highest BCUT2D eigenvalue weighted by atomic mass is 16.5. The second-order valence-corrected chi connectivity index (χ2v) is 2.07. The number of aromatic nitrogens is 2. The van der Waals surface area contributed by atoms with E-state index in [9.17, 15) is 5.21 Å². The van der Waals surface area contributed by atoms with E-state index < -0.39 is 0 Å². The van der Waals surface area contributed by atoms with Crippen LogP contribution in [-0.2, 0) is 6.42 Å². The molecule has 2 N–H and O–H groups in total. The van der Waals surface area contributed by atoms with Crippen molar-refractivity contribution >= 4 is 5.82 Å². The van der Waals surface area contributed by atoms with Crippen LogP contribution >= 0.6 is 0 Å². The van der Waals surface area contributed by atoms with Crippen LogP contribution in [0.15, 0.2) is 24.9 Å². The van der Waals surface area contributed by atoms with Crippen molar-refractivity contribution in [3.8, 4) is 0 Å². The SMILES string of the molecule is C=CCc1nccc(N)[n+]1[O-]. The van der Waals surface area contributed by atoms with Crippen molar-refractivity contribution in [1.29, 1.82) is 0 Å². The maximum absolute atomic E-state index is 11.0. The quantitative estimate of drug-likeness (QED) is 0.368. The molecule has 0 atom stereocenters. The summed E-state index contributed by atoms with van der Waals surface area (Å²) in [6.45, 7) is 3.49. The number of hydrogen-bond donors (Lipinski definition) is 1. The number of nitrogens with zero attached hydrogens (tertiary/aromatic N) is 2. The fraction of sp³-hybridized carbons (Fsp3) is 0.143. The largest absolute Gasteiger partial charge is 0.740 e. The topological polar surface area (TPSA) is 65.8 Å². The zero-order chi connectivity index (χ0) is 8.27. The highest BCUT2D eigenvalue weighted by Gasteiger charge is 2.02. The lowest BCUT2D eigenvalue weighted by atomic mass is 10.4. The monoisotopic (exact) mass is 151 g/mol. The lowest BCUT2D eigenvalue weighted by molar-refractivity contribution is -0.601. The molecule has 1 aromatic rings. The molecule has 4 heteroatoms. The van der Waals surface area contributed by atoms with E-state index in [4.69, 9.17) is 5.73 Å². The van der Waals surface area contributed by atoms with Gasteiger partial charge in [-0.3, -0.25) is 0 Å². The number of hydrogen-bond acceptors (Lipinski definition) is 3. The van der Waals surface area contributed by atoms with Gasteiger partial charge in [0.1, 0.15) is 6.20 Å². The third-order valence-corrected chi connectivity index (χ3v) is 1.26. The predicted molar refractivity (Wildman–Crippen MR) is 41.5 cm³/mol. The smallest absolute Gasteiger partial charge is 0.242 e. The van der Waals surface area contributed by atoms with Gasteiger partial charge in [0.25, 0.3) is 0 Å².